The molecule has 3 aromatic rings. The van der Waals surface area contributed by atoms with Crippen LogP contribution in [0, 0.1) is 12.7 Å². The minimum absolute atomic E-state index is 0.0728. The summed E-state index contributed by atoms with van der Waals surface area (Å²) in [6.07, 6.45) is 1.98. The molecule has 1 saturated carbocycles. The third-order valence-electron chi connectivity index (χ3n) is 5.78. The van der Waals surface area contributed by atoms with Crippen LogP contribution in [0.1, 0.15) is 28.9 Å². The fourth-order valence-corrected chi connectivity index (χ4v) is 4.10. The number of aryl methyl sites for hydroxylation is 1. The molecule has 3 heterocycles. The molecular formula is C20H20FN5O2. The van der Waals surface area contributed by atoms with E-state index in [9.17, 15) is 14.3 Å². The van der Waals surface area contributed by atoms with E-state index in [0.717, 1.165) is 32.0 Å². The van der Waals surface area contributed by atoms with Gasteiger partial charge in [0.15, 0.2) is 5.65 Å². The summed E-state index contributed by atoms with van der Waals surface area (Å²) < 4.78 is 14.4. The minimum atomic E-state index is -0.595. The molecule has 1 aliphatic heterocycles. The molecule has 1 aliphatic carbocycles. The Hall–Kier alpha value is -3.00. The highest BCUT2D eigenvalue weighted by atomic mass is 19.1. The number of phenols is 1. The van der Waals surface area contributed by atoms with E-state index in [2.05, 4.69) is 20.5 Å². The second kappa shape index (κ2) is 6.00. The van der Waals surface area contributed by atoms with Crippen LogP contribution in [0.5, 0.6) is 5.75 Å². The van der Waals surface area contributed by atoms with Crippen LogP contribution in [0.2, 0.25) is 0 Å². The Morgan fingerprint density at radius 3 is 2.89 bits per heavy atom. The number of carbonyl (C=O) groups excluding carboxylic acids is 1. The van der Waals surface area contributed by atoms with Crippen LogP contribution in [0.15, 0.2) is 24.3 Å². The first kappa shape index (κ1) is 17.1. The predicted octanol–water partition coefficient (Wildman–Crippen LogP) is 2.36. The predicted molar refractivity (Wildman–Crippen MR) is 102 cm³/mol. The summed E-state index contributed by atoms with van der Waals surface area (Å²) in [5.74, 6) is -0.828. The Morgan fingerprint density at radius 2 is 2.14 bits per heavy atom. The number of aromatic amines is 1. The molecule has 2 aromatic heterocycles. The monoisotopic (exact) mass is 381 g/mol. The molecule has 0 atom stereocenters. The van der Waals surface area contributed by atoms with Crippen molar-refractivity contribution in [2.24, 2.45) is 0 Å². The van der Waals surface area contributed by atoms with Gasteiger partial charge >= 0.3 is 0 Å². The van der Waals surface area contributed by atoms with E-state index >= 15 is 0 Å². The summed E-state index contributed by atoms with van der Waals surface area (Å²) in [6, 6.07) is 5.54. The van der Waals surface area contributed by atoms with Gasteiger partial charge < -0.3 is 15.3 Å². The Bertz CT molecular complexity index is 1110. The van der Waals surface area contributed by atoms with Gasteiger partial charge in [0.25, 0.3) is 5.91 Å². The molecule has 1 aromatic carbocycles. The summed E-state index contributed by atoms with van der Waals surface area (Å²) >= 11 is 0. The first-order valence-corrected chi connectivity index (χ1v) is 9.36. The van der Waals surface area contributed by atoms with E-state index < -0.39 is 5.82 Å². The van der Waals surface area contributed by atoms with Crippen LogP contribution in [0.4, 0.5) is 4.39 Å². The standard InChI is InChI=1S/C20H20FN5O2/c1-11-17-14(19(28)26-7-6-22-10-20(26)4-5-20)9-16(23-18(17)25-24-11)13-3-2-12(27)8-15(13)21/h2-3,8-9,22,27H,4-7,10H2,1H3,(H,23,24,25). The van der Waals surface area contributed by atoms with E-state index in [1.54, 1.807) is 6.07 Å². The molecule has 1 amide bonds. The van der Waals surface area contributed by atoms with Gasteiger partial charge in [0.2, 0.25) is 0 Å². The highest BCUT2D eigenvalue weighted by Crippen LogP contribution is 2.43. The number of pyridine rings is 1. The molecule has 0 unspecified atom stereocenters. The maximum absolute atomic E-state index is 14.4. The van der Waals surface area contributed by atoms with Crippen molar-refractivity contribution in [2.75, 3.05) is 19.6 Å². The fourth-order valence-electron chi connectivity index (χ4n) is 4.10. The molecule has 1 spiro atoms. The SMILES string of the molecule is Cc1n[nH]c2nc(-c3ccc(O)cc3F)cc(C(=O)N3CCNCC34CC4)c12. The second-order valence-electron chi connectivity index (χ2n) is 7.61. The van der Waals surface area contributed by atoms with E-state index in [1.165, 1.54) is 12.1 Å². The van der Waals surface area contributed by atoms with Gasteiger partial charge in [0.1, 0.15) is 11.6 Å². The third-order valence-corrected chi connectivity index (χ3v) is 5.78. The van der Waals surface area contributed by atoms with Crippen molar-refractivity contribution in [3.05, 3.63) is 41.3 Å². The lowest BCUT2D eigenvalue weighted by molar-refractivity contribution is 0.0602. The smallest absolute Gasteiger partial charge is 0.255 e. The Morgan fingerprint density at radius 1 is 1.32 bits per heavy atom. The van der Waals surface area contributed by atoms with Crippen molar-refractivity contribution >= 4 is 16.9 Å². The van der Waals surface area contributed by atoms with Crippen molar-refractivity contribution in [3.63, 3.8) is 0 Å². The lowest BCUT2D eigenvalue weighted by atomic mass is 10.0. The van der Waals surface area contributed by atoms with E-state index in [-0.39, 0.29) is 22.8 Å². The first-order valence-electron chi connectivity index (χ1n) is 9.36. The van der Waals surface area contributed by atoms with Gasteiger partial charge in [-0.05, 0) is 38.0 Å². The highest BCUT2D eigenvalue weighted by Gasteiger charge is 2.51. The highest BCUT2D eigenvalue weighted by molar-refractivity contribution is 6.07. The van der Waals surface area contributed by atoms with Gasteiger partial charge in [0.05, 0.1) is 27.9 Å². The number of rotatable bonds is 2. The largest absolute Gasteiger partial charge is 0.508 e. The maximum atomic E-state index is 14.4. The van der Waals surface area contributed by atoms with Crippen molar-refractivity contribution < 1.29 is 14.3 Å². The van der Waals surface area contributed by atoms with Gasteiger partial charge in [-0.3, -0.25) is 9.89 Å². The summed E-state index contributed by atoms with van der Waals surface area (Å²) in [5.41, 5.74) is 2.06. The number of phenolic OH excluding ortho intramolecular Hbond substituents is 1. The van der Waals surface area contributed by atoms with Crippen LogP contribution in [-0.4, -0.2) is 56.3 Å². The quantitative estimate of drug-likeness (QED) is 0.634. The number of fused-ring (bicyclic) bond motifs is 1. The summed E-state index contributed by atoms with van der Waals surface area (Å²) in [5, 5.41) is 20.6. The Balaban J connectivity index is 1.67. The average molecular weight is 381 g/mol. The number of H-pyrrole nitrogens is 1. The molecule has 2 fully saturated rings. The van der Waals surface area contributed by atoms with Crippen molar-refractivity contribution in [2.45, 2.75) is 25.3 Å². The molecule has 28 heavy (non-hydrogen) atoms. The molecular weight excluding hydrogens is 361 g/mol. The van der Waals surface area contributed by atoms with Crippen LogP contribution in [-0.2, 0) is 0 Å². The van der Waals surface area contributed by atoms with Gasteiger partial charge in [-0.2, -0.15) is 5.10 Å². The van der Waals surface area contributed by atoms with E-state index in [4.69, 9.17) is 0 Å². The summed E-state index contributed by atoms with van der Waals surface area (Å²) in [4.78, 5) is 20.0. The van der Waals surface area contributed by atoms with Crippen LogP contribution in [0.25, 0.3) is 22.3 Å². The zero-order valence-corrected chi connectivity index (χ0v) is 15.4. The first-order chi connectivity index (χ1) is 13.5. The fraction of sp³-hybridized carbons (Fsp3) is 0.350. The van der Waals surface area contributed by atoms with E-state index in [1.807, 2.05) is 11.8 Å². The van der Waals surface area contributed by atoms with E-state index in [0.29, 0.717) is 34.5 Å². The molecule has 144 valence electrons. The average Bonchev–Trinajstić information content (AvgIpc) is 3.34. The van der Waals surface area contributed by atoms with Gasteiger partial charge in [-0.15, -0.1) is 0 Å². The molecule has 3 N–H and O–H groups in total. The van der Waals surface area contributed by atoms with Gasteiger partial charge in [-0.25, -0.2) is 9.37 Å². The molecule has 1 saturated heterocycles. The zero-order chi connectivity index (χ0) is 19.5. The summed E-state index contributed by atoms with van der Waals surface area (Å²) in [7, 11) is 0. The van der Waals surface area contributed by atoms with Gasteiger partial charge in [0, 0.05) is 31.3 Å². The Labute approximate surface area is 160 Å². The minimum Gasteiger partial charge on any atom is -0.508 e. The van der Waals surface area contributed by atoms with Crippen molar-refractivity contribution in [1.82, 2.24) is 25.4 Å². The third kappa shape index (κ3) is 2.56. The molecule has 8 heteroatoms. The number of nitrogens with one attached hydrogen (secondary N) is 2. The molecule has 0 radical (unpaired) electrons. The number of piperazine rings is 1. The molecule has 5 rings (SSSR count). The number of aromatic hydroxyl groups is 1. The lowest BCUT2D eigenvalue weighted by Gasteiger charge is -2.37. The number of amides is 1. The van der Waals surface area contributed by atoms with Crippen molar-refractivity contribution in [1.29, 1.82) is 0 Å². The zero-order valence-electron chi connectivity index (χ0n) is 15.4. The molecule has 0 bridgehead atoms. The number of carbonyl (C=O) groups is 1. The van der Waals surface area contributed by atoms with Crippen LogP contribution >= 0.6 is 0 Å². The van der Waals surface area contributed by atoms with Crippen LogP contribution < -0.4 is 5.32 Å². The number of benzene rings is 1. The number of nitrogens with zero attached hydrogens (tertiary/aromatic N) is 3. The number of hydrogen-bond acceptors (Lipinski definition) is 5. The van der Waals surface area contributed by atoms with Crippen molar-refractivity contribution in [3.8, 4) is 17.0 Å². The second-order valence-corrected chi connectivity index (χ2v) is 7.61. The number of aromatic nitrogens is 3. The molecule has 2 aliphatic rings. The topological polar surface area (TPSA) is 94.1 Å². The Kier molecular flexibility index (Phi) is 3.67. The lowest BCUT2D eigenvalue weighted by Crippen LogP contribution is -2.55. The van der Waals surface area contributed by atoms with Gasteiger partial charge in [-0.1, -0.05) is 0 Å². The number of hydrogen-bond donors (Lipinski definition) is 3. The van der Waals surface area contributed by atoms with Crippen LogP contribution in [0.3, 0.4) is 0 Å². The summed E-state index contributed by atoms with van der Waals surface area (Å²) in [6.45, 7) is 4.02. The normalized spacial score (nSPS) is 18.0. The maximum Gasteiger partial charge on any atom is 0.255 e. The number of halogens is 1. The molecule has 7 nitrogen and oxygen atoms in total.